The highest BCUT2D eigenvalue weighted by Crippen LogP contribution is 2.22. The monoisotopic (exact) mass is 279 g/mol. The van der Waals surface area contributed by atoms with Gasteiger partial charge in [0.25, 0.3) is 0 Å². The highest BCUT2D eigenvalue weighted by Gasteiger charge is 2.22. The van der Waals surface area contributed by atoms with Gasteiger partial charge in [0.1, 0.15) is 5.82 Å². The fraction of sp³-hybridized carbons (Fsp3) is 0.688. The molecule has 2 atom stereocenters. The third kappa shape index (κ3) is 4.25. The summed E-state index contributed by atoms with van der Waals surface area (Å²) in [6.45, 7) is 5.81. The van der Waals surface area contributed by atoms with E-state index in [4.69, 9.17) is 0 Å². The number of likely N-dealkylation sites (tertiary alicyclic amines) is 1. The Morgan fingerprint density at radius 1 is 1.50 bits per heavy atom. The fourth-order valence-corrected chi connectivity index (χ4v) is 3.10. The summed E-state index contributed by atoms with van der Waals surface area (Å²) in [5.41, 5.74) is 0.929. The Hall–Kier alpha value is -1.00. The maximum atomic E-state index is 12.9. The van der Waals surface area contributed by atoms with Gasteiger partial charge in [-0.15, -0.1) is 0 Å². The lowest BCUT2D eigenvalue weighted by molar-refractivity contribution is 0.298. The number of halogens is 1. The molecule has 0 bridgehead atoms. The second-order valence-corrected chi connectivity index (χ2v) is 5.78. The van der Waals surface area contributed by atoms with E-state index < -0.39 is 0 Å². The molecule has 20 heavy (non-hydrogen) atoms. The maximum Gasteiger partial charge on any atom is 0.141 e. The van der Waals surface area contributed by atoms with Crippen molar-refractivity contribution in [1.82, 2.24) is 15.2 Å². The quantitative estimate of drug-likeness (QED) is 0.831. The normalized spacial score (nSPS) is 21.2. The molecule has 1 aliphatic rings. The van der Waals surface area contributed by atoms with Gasteiger partial charge >= 0.3 is 0 Å². The van der Waals surface area contributed by atoms with Crippen molar-refractivity contribution in [3.05, 3.63) is 29.8 Å². The van der Waals surface area contributed by atoms with Crippen LogP contribution in [0, 0.1) is 11.7 Å². The molecule has 1 aromatic heterocycles. The molecule has 0 aliphatic carbocycles. The number of nitrogens with one attached hydrogen (secondary N) is 1. The summed E-state index contributed by atoms with van der Waals surface area (Å²) in [6, 6.07) is 3.47. The number of aromatic nitrogens is 1. The Kier molecular flexibility index (Phi) is 5.92. The Balaban J connectivity index is 1.81. The molecule has 1 fully saturated rings. The van der Waals surface area contributed by atoms with Gasteiger partial charge in [-0.05, 0) is 50.9 Å². The maximum absolute atomic E-state index is 12.9. The Labute approximate surface area is 121 Å². The van der Waals surface area contributed by atoms with E-state index in [0.29, 0.717) is 0 Å². The molecule has 2 unspecified atom stereocenters. The highest BCUT2D eigenvalue weighted by molar-refractivity contribution is 5.09. The van der Waals surface area contributed by atoms with E-state index in [0.717, 1.165) is 24.6 Å². The molecular weight excluding hydrogens is 253 g/mol. The highest BCUT2D eigenvalue weighted by atomic mass is 19.1. The van der Waals surface area contributed by atoms with E-state index in [2.05, 4.69) is 22.1 Å². The second-order valence-electron chi connectivity index (χ2n) is 5.78. The van der Waals surface area contributed by atoms with E-state index in [-0.39, 0.29) is 11.9 Å². The molecule has 1 N–H and O–H groups in total. The van der Waals surface area contributed by atoms with Crippen molar-refractivity contribution in [2.45, 2.75) is 38.6 Å². The Bertz CT molecular complexity index is 393. The topological polar surface area (TPSA) is 28.2 Å². The van der Waals surface area contributed by atoms with E-state index in [1.165, 1.54) is 44.6 Å². The van der Waals surface area contributed by atoms with Crippen LogP contribution in [0.2, 0.25) is 0 Å². The van der Waals surface area contributed by atoms with Crippen LogP contribution in [-0.2, 0) is 0 Å². The van der Waals surface area contributed by atoms with Gasteiger partial charge in [-0.3, -0.25) is 4.98 Å². The van der Waals surface area contributed by atoms with Crippen molar-refractivity contribution in [3.63, 3.8) is 0 Å². The van der Waals surface area contributed by atoms with Crippen LogP contribution in [0.5, 0.6) is 0 Å². The Morgan fingerprint density at radius 3 is 3.00 bits per heavy atom. The van der Waals surface area contributed by atoms with Gasteiger partial charge in [-0.1, -0.05) is 13.3 Å². The molecular formula is C16H26FN3. The lowest BCUT2D eigenvalue weighted by Gasteiger charge is -2.21. The van der Waals surface area contributed by atoms with Gasteiger partial charge < -0.3 is 10.2 Å². The van der Waals surface area contributed by atoms with Crippen LogP contribution in [0.25, 0.3) is 0 Å². The summed E-state index contributed by atoms with van der Waals surface area (Å²) in [4.78, 5) is 6.73. The molecule has 3 nitrogen and oxygen atoms in total. The Morgan fingerprint density at radius 2 is 2.35 bits per heavy atom. The smallest absolute Gasteiger partial charge is 0.141 e. The minimum atomic E-state index is -0.273. The van der Waals surface area contributed by atoms with Crippen molar-refractivity contribution < 1.29 is 4.39 Å². The largest absolute Gasteiger partial charge is 0.312 e. The molecule has 2 heterocycles. The van der Waals surface area contributed by atoms with E-state index in [1.807, 2.05) is 7.05 Å². The van der Waals surface area contributed by atoms with Gasteiger partial charge in [0, 0.05) is 13.1 Å². The minimum Gasteiger partial charge on any atom is -0.312 e. The van der Waals surface area contributed by atoms with E-state index in [1.54, 1.807) is 6.07 Å². The van der Waals surface area contributed by atoms with Gasteiger partial charge in [0.15, 0.2) is 0 Å². The van der Waals surface area contributed by atoms with Crippen LogP contribution in [-0.4, -0.2) is 36.6 Å². The summed E-state index contributed by atoms with van der Waals surface area (Å²) in [6.07, 6.45) is 6.30. The molecule has 4 heteroatoms. The molecule has 0 aromatic carbocycles. The number of nitrogens with zero attached hydrogens (tertiary/aromatic N) is 2. The molecule has 1 aliphatic heterocycles. The van der Waals surface area contributed by atoms with Crippen molar-refractivity contribution in [3.8, 4) is 0 Å². The summed E-state index contributed by atoms with van der Waals surface area (Å²) in [5, 5.41) is 3.29. The molecule has 1 saturated heterocycles. The number of hydrogen-bond acceptors (Lipinski definition) is 3. The average molecular weight is 279 g/mol. The van der Waals surface area contributed by atoms with Crippen molar-refractivity contribution in [1.29, 1.82) is 0 Å². The van der Waals surface area contributed by atoms with E-state index in [9.17, 15) is 4.39 Å². The average Bonchev–Trinajstić information content (AvgIpc) is 2.89. The van der Waals surface area contributed by atoms with Crippen molar-refractivity contribution in [2.75, 3.05) is 26.7 Å². The van der Waals surface area contributed by atoms with Gasteiger partial charge in [-0.2, -0.15) is 0 Å². The standard InChI is InChI=1S/C16H26FN3/c1-3-4-13-7-9-20(12-13)10-8-15(18-2)16-6-5-14(17)11-19-16/h5-6,11,13,15,18H,3-4,7-10,12H2,1-2H3. The summed E-state index contributed by atoms with van der Waals surface area (Å²) in [5.74, 6) is 0.613. The lowest BCUT2D eigenvalue weighted by atomic mass is 10.0. The molecule has 112 valence electrons. The van der Waals surface area contributed by atoms with Crippen molar-refractivity contribution >= 4 is 0 Å². The number of rotatable bonds is 7. The van der Waals surface area contributed by atoms with Crippen LogP contribution in [0.1, 0.15) is 44.3 Å². The van der Waals surface area contributed by atoms with Crippen LogP contribution < -0.4 is 5.32 Å². The van der Waals surface area contributed by atoms with Gasteiger partial charge in [0.05, 0.1) is 17.9 Å². The zero-order valence-electron chi connectivity index (χ0n) is 12.6. The van der Waals surface area contributed by atoms with Crippen LogP contribution in [0.15, 0.2) is 18.3 Å². The van der Waals surface area contributed by atoms with Gasteiger partial charge in [0.2, 0.25) is 0 Å². The minimum absolute atomic E-state index is 0.209. The van der Waals surface area contributed by atoms with Crippen LogP contribution in [0.4, 0.5) is 4.39 Å². The summed E-state index contributed by atoms with van der Waals surface area (Å²) >= 11 is 0. The summed E-state index contributed by atoms with van der Waals surface area (Å²) in [7, 11) is 1.94. The number of pyridine rings is 1. The molecule has 0 spiro atoms. The molecule has 1 aromatic rings. The first kappa shape index (κ1) is 15.4. The van der Waals surface area contributed by atoms with Crippen LogP contribution >= 0.6 is 0 Å². The first-order valence-corrected chi connectivity index (χ1v) is 7.74. The second kappa shape index (κ2) is 7.70. The predicted octanol–water partition coefficient (Wildman–Crippen LogP) is 2.99. The lowest BCUT2D eigenvalue weighted by Crippen LogP contribution is -2.27. The zero-order valence-corrected chi connectivity index (χ0v) is 12.6. The SMILES string of the molecule is CCCC1CCN(CCC(NC)c2ccc(F)cn2)C1. The fourth-order valence-electron chi connectivity index (χ4n) is 3.10. The molecule has 2 rings (SSSR count). The van der Waals surface area contributed by atoms with Gasteiger partial charge in [-0.25, -0.2) is 4.39 Å². The molecule has 0 saturated carbocycles. The van der Waals surface area contributed by atoms with Crippen LogP contribution in [0.3, 0.4) is 0 Å². The summed E-state index contributed by atoms with van der Waals surface area (Å²) < 4.78 is 12.9. The third-order valence-corrected chi connectivity index (χ3v) is 4.26. The first-order chi connectivity index (χ1) is 9.72. The molecule has 0 radical (unpaired) electrons. The third-order valence-electron chi connectivity index (χ3n) is 4.26. The van der Waals surface area contributed by atoms with Crippen molar-refractivity contribution in [2.24, 2.45) is 5.92 Å². The zero-order chi connectivity index (χ0) is 14.4. The number of hydrogen-bond donors (Lipinski definition) is 1. The first-order valence-electron chi connectivity index (χ1n) is 7.74. The molecule has 0 amide bonds. The predicted molar refractivity (Wildman–Crippen MR) is 80.1 cm³/mol. The van der Waals surface area contributed by atoms with E-state index >= 15 is 0 Å².